The van der Waals surface area contributed by atoms with Crippen LogP contribution >= 0.6 is 0 Å². The van der Waals surface area contributed by atoms with Gasteiger partial charge in [-0.3, -0.25) is 4.79 Å². The van der Waals surface area contributed by atoms with E-state index in [4.69, 9.17) is 4.74 Å². The SMILES string of the molecule is O=C(NC[C@H]1CCCO1)C1[C@@H]2[C@@H]3CC[C@H](C3)[C@H]12. The normalized spacial score (nSPS) is 50.4. The van der Waals surface area contributed by atoms with Crippen LogP contribution in [0.25, 0.3) is 0 Å². The van der Waals surface area contributed by atoms with Gasteiger partial charge in [-0.2, -0.15) is 0 Å². The van der Waals surface area contributed by atoms with Crippen LogP contribution in [0.15, 0.2) is 0 Å². The topological polar surface area (TPSA) is 38.3 Å². The van der Waals surface area contributed by atoms with Crippen molar-refractivity contribution < 1.29 is 9.53 Å². The second kappa shape index (κ2) is 3.71. The first-order valence-electron chi connectivity index (χ1n) is 7.24. The minimum Gasteiger partial charge on any atom is -0.376 e. The van der Waals surface area contributed by atoms with Crippen molar-refractivity contribution in [2.24, 2.45) is 29.6 Å². The summed E-state index contributed by atoms with van der Waals surface area (Å²) in [6, 6.07) is 0. The van der Waals surface area contributed by atoms with Gasteiger partial charge in [-0.25, -0.2) is 0 Å². The first kappa shape index (κ1) is 10.4. The largest absolute Gasteiger partial charge is 0.376 e. The molecule has 0 radical (unpaired) electrons. The molecule has 4 rings (SSSR count). The number of amides is 1. The third-order valence-corrected chi connectivity index (χ3v) is 5.57. The molecule has 3 saturated carbocycles. The molecule has 3 nitrogen and oxygen atoms in total. The van der Waals surface area contributed by atoms with Crippen molar-refractivity contribution in [1.82, 2.24) is 5.32 Å². The molecule has 1 aliphatic heterocycles. The van der Waals surface area contributed by atoms with Crippen LogP contribution in [0.4, 0.5) is 0 Å². The quantitative estimate of drug-likeness (QED) is 0.806. The van der Waals surface area contributed by atoms with Gasteiger partial charge in [-0.1, -0.05) is 0 Å². The minimum atomic E-state index is 0.286. The zero-order valence-electron chi connectivity index (χ0n) is 10.2. The van der Waals surface area contributed by atoms with Crippen molar-refractivity contribution in [2.75, 3.05) is 13.2 Å². The second-order valence-electron chi connectivity index (χ2n) is 6.39. The number of fused-ring (bicyclic) bond motifs is 5. The lowest BCUT2D eigenvalue weighted by Gasteiger charge is -2.12. The number of hydrogen-bond acceptors (Lipinski definition) is 2. The standard InChI is InChI=1S/C14H21NO2/c16-14(15-7-10-2-1-5-17-10)13-11-8-3-4-9(6-8)12(11)13/h8-13H,1-7H2,(H,15,16)/t8-,9-,10-,11-,12+,13?/m1/s1. The third-order valence-electron chi connectivity index (χ3n) is 5.57. The van der Waals surface area contributed by atoms with Gasteiger partial charge in [0, 0.05) is 19.1 Å². The van der Waals surface area contributed by atoms with E-state index < -0.39 is 0 Å². The van der Waals surface area contributed by atoms with Crippen LogP contribution < -0.4 is 5.32 Å². The molecule has 0 aromatic heterocycles. The fourth-order valence-electron chi connectivity index (χ4n) is 4.81. The molecular weight excluding hydrogens is 214 g/mol. The molecule has 3 heteroatoms. The summed E-state index contributed by atoms with van der Waals surface area (Å²) in [5, 5.41) is 3.12. The fraction of sp³-hybridized carbons (Fsp3) is 0.929. The Morgan fingerprint density at radius 2 is 1.94 bits per heavy atom. The van der Waals surface area contributed by atoms with E-state index in [-0.39, 0.29) is 6.10 Å². The Morgan fingerprint density at radius 3 is 2.59 bits per heavy atom. The predicted molar refractivity (Wildman–Crippen MR) is 63.3 cm³/mol. The van der Waals surface area contributed by atoms with Crippen molar-refractivity contribution in [3.05, 3.63) is 0 Å². The number of rotatable bonds is 3. The van der Waals surface area contributed by atoms with Crippen LogP contribution in [0.1, 0.15) is 32.1 Å². The van der Waals surface area contributed by atoms with Gasteiger partial charge in [-0.15, -0.1) is 0 Å². The maximum atomic E-state index is 12.1. The van der Waals surface area contributed by atoms with Crippen molar-refractivity contribution in [2.45, 2.75) is 38.2 Å². The smallest absolute Gasteiger partial charge is 0.223 e. The van der Waals surface area contributed by atoms with Gasteiger partial charge in [0.1, 0.15) is 0 Å². The molecule has 1 unspecified atom stereocenters. The molecular formula is C14H21NO2. The average molecular weight is 235 g/mol. The van der Waals surface area contributed by atoms with E-state index in [1.165, 1.54) is 19.3 Å². The lowest BCUT2D eigenvalue weighted by molar-refractivity contribution is -0.123. The molecule has 1 N–H and O–H groups in total. The number of nitrogens with one attached hydrogen (secondary N) is 1. The first-order chi connectivity index (χ1) is 8.34. The maximum absolute atomic E-state index is 12.1. The molecule has 4 fully saturated rings. The van der Waals surface area contributed by atoms with Crippen LogP contribution in [0.3, 0.4) is 0 Å². The molecule has 6 atom stereocenters. The Balaban J connectivity index is 1.30. The summed E-state index contributed by atoms with van der Waals surface area (Å²) in [7, 11) is 0. The predicted octanol–water partition coefficient (Wildman–Crippen LogP) is 1.57. The van der Waals surface area contributed by atoms with Crippen molar-refractivity contribution in [3.63, 3.8) is 0 Å². The lowest BCUT2D eigenvalue weighted by Crippen LogP contribution is -2.34. The number of carbonyl (C=O) groups excluding carboxylic acids is 1. The molecule has 17 heavy (non-hydrogen) atoms. The van der Waals surface area contributed by atoms with Gasteiger partial charge in [0.25, 0.3) is 0 Å². The van der Waals surface area contributed by atoms with E-state index in [1.807, 2.05) is 0 Å². The van der Waals surface area contributed by atoms with E-state index in [0.717, 1.165) is 49.7 Å². The molecule has 0 spiro atoms. The first-order valence-corrected chi connectivity index (χ1v) is 7.24. The maximum Gasteiger partial charge on any atom is 0.223 e. The third kappa shape index (κ3) is 1.55. The molecule has 0 aromatic carbocycles. The summed E-state index contributed by atoms with van der Waals surface area (Å²) in [6.07, 6.45) is 6.75. The Hall–Kier alpha value is -0.570. The van der Waals surface area contributed by atoms with E-state index >= 15 is 0 Å². The van der Waals surface area contributed by atoms with Gasteiger partial charge in [-0.05, 0) is 55.8 Å². The zero-order chi connectivity index (χ0) is 11.4. The molecule has 1 heterocycles. The van der Waals surface area contributed by atoms with E-state index in [2.05, 4.69) is 5.32 Å². The highest BCUT2D eigenvalue weighted by Crippen LogP contribution is 2.69. The molecule has 4 aliphatic rings. The summed E-state index contributed by atoms with van der Waals surface area (Å²) in [6.45, 7) is 1.61. The summed E-state index contributed by atoms with van der Waals surface area (Å²) in [4.78, 5) is 12.1. The van der Waals surface area contributed by atoms with Crippen LogP contribution in [-0.4, -0.2) is 25.2 Å². The van der Waals surface area contributed by atoms with Gasteiger partial charge < -0.3 is 10.1 Å². The summed E-state index contributed by atoms with van der Waals surface area (Å²) in [5.74, 6) is 4.01. The minimum absolute atomic E-state index is 0.286. The summed E-state index contributed by atoms with van der Waals surface area (Å²) in [5.41, 5.74) is 0. The summed E-state index contributed by atoms with van der Waals surface area (Å²) >= 11 is 0. The number of carbonyl (C=O) groups is 1. The van der Waals surface area contributed by atoms with Crippen LogP contribution in [0, 0.1) is 29.6 Å². The molecule has 94 valence electrons. The molecule has 2 bridgehead atoms. The lowest BCUT2D eigenvalue weighted by atomic mass is 10.0. The van der Waals surface area contributed by atoms with Crippen LogP contribution in [0.5, 0.6) is 0 Å². The van der Waals surface area contributed by atoms with E-state index in [1.54, 1.807) is 0 Å². The zero-order valence-corrected chi connectivity index (χ0v) is 10.2. The molecule has 3 aliphatic carbocycles. The molecule has 1 saturated heterocycles. The monoisotopic (exact) mass is 235 g/mol. The van der Waals surface area contributed by atoms with Crippen molar-refractivity contribution >= 4 is 5.91 Å². The van der Waals surface area contributed by atoms with Gasteiger partial charge >= 0.3 is 0 Å². The van der Waals surface area contributed by atoms with Gasteiger partial charge in [0.2, 0.25) is 5.91 Å². The van der Waals surface area contributed by atoms with Crippen LogP contribution in [0.2, 0.25) is 0 Å². The Morgan fingerprint density at radius 1 is 1.18 bits per heavy atom. The Labute approximate surface area is 102 Å². The fourth-order valence-corrected chi connectivity index (χ4v) is 4.81. The van der Waals surface area contributed by atoms with Crippen LogP contribution in [-0.2, 0) is 9.53 Å². The molecule has 0 aromatic rings. The highest BCUT2D eigenvalue weighted by atomic mass is 16.5. The number of hydrogen-bond donors (Lipinski definition) is 1. The number of ether oxygens (including phenoxy) is 1. The Bertz CT molecular complexity index is 321. The Kier molecular flexibility index (Phi) is 2.26. The van der Waals surface area contributed by atoms with E-state index in [0.29, 0.717) is 11.8 Å². The van der Waals surface area contributed by atoms with E-state index in [9.17, 15) is 4.79 Å². The average Bonchev–Trinajstić information content (AvgIpc) is 2.80. The van der Waals surface area contributed by atoms with Crippen molar-refractivity contribution in [1.29, 1.82) is 0 Å². The highest BCUT2D eigenvalue weighted by Gasteiger charge is 2.67. The summed E-state index contributed by atoms with van der Waals surface area (Å²) < 4.78 is 5.54. The van der Waals surface area contributed by atoms with Gasteiger partial charge in [0.05, 0.1) is 6.10 Å². The van der Waals surface area contributed by atoms with Gasteiger partial charge in [0.15, 0.2) is 0 Å². The second-order valence-corrected chi connectivity index (χ2v) is 6.39. The molecule has 1 amide bonds. The van der Waals surface area contributed by atoms with Crippen molar-refractivity contribution in [3.8, 4) is 0 Å². The highest BCUT2D eigenvalue weighted by molar-refractivity contribution is 5.82.